The average molecular weight is 267 g/mol. The van der Waals surface area contributed by atoms with E-state index < -0.39 is 11.6 Å². The largest absolute Gasteiger partial charge is 0.324 e. The van der Waals surface area contributed by atoms with Gasteiger partial charge in [-0.25, -0.2) is 8.78 Å². The van der Waals surface area contributed by atoms with Gasteiger partial charge >= 0.3 is 0 Å². The number of hydrogen-bond donors (Lipinski definition) is 1. The lowest BCUT2D eigenvalue weighted by atomic mass is 9.76. The highest BCUT2D eigenvalue weighted by molar-refractivity contribution is 5.22. The Morgan fingerprint density at radius 2 is 1.68 bits per heavy atom. The van der Waals surface area contributed by atoms with Gasteiger partial charge in [-0.15, -0.1) is 0 Å². The number of hydrogen-bond acceptors (Lipinski definition) is 1. The van der Waals surface area contributed by atoms with E-state index in [9.17, 15) is 8.78 Å². The van der Waals surface area contributed by atoms with Crippen molar-refractivity contribution in [3.8, 4) is 0 Å². The Bertz CT molecular complexity index is 391. The molecule has 0 spiro atoms. The molecule has 1 aromatic rings. The van der Waals surface area contributed by atoms with Crippen molar-refractivity contribution in [3.63, 3.8) is 0 Å². The summed E-state index contributed by atoms with van der Waals surface area (Å²) in [5.74, 6) is 0.0993. The van der Waals surface area contributed by atoms with Crippen LogP contribution in [0.2, 0.25) is 0 Å². The molecule has 19 heavy (non-hydrogen) atoms. The summed E-state index contributed by atoms with van der Waals surface area (Å²) < 4.78 is 26.4. The molecule has 106 valence electrons. The van der Waals surface area contributed by atoms with Crippen molar-refractivity contribution < 1.29 is 8.78 Å². The third-order valence-electron chi connectivity index (χ3n) is 4.37. The van der Waals surface area contributed by atoms with Gasteiger partial charge in [0.15, 0.2) is 0 Å². The van der Waals surface area contributed by atoms with Crippen molar-refractivity contribution in [1.29, 1.82) is 0 Å². The molecule has 0 heterocycles. The van der Waals surface area contributed by atoms with E-state index in [1.54, 1.807) is 0 Å². The molecule has 1 aromatic carbocycles. The fourth-order valence-corrected chi connectivity index (χ4v) is 3.28. The fourth-order valence-electron chi connectivity index (χ4n) is 3.28. The quantitative estimate of drug-likeness (QED) is 0.849. The monoisotopic (exact) mass is 267 g/mol. The van der Waals surface area contributed by atoms with Gasteiger partial charge in [0.05, 0.1) is 0 Å². The molecule has 0 radical (unpaired) electrons. The van der Waals surface area contributed by atoms with Gasteiger partial charge in [-0.2, -0.15) is 0 Å². The van der Waals surface area contributed by atoms with Crippen LogP contribution in [0.1, 0.15) is 57.1 Å². The first-order valence-corrected chi connectivity index (χ1v) is 7.31. The SMILES string of the molecule is CCCC1CCC(C(N)c2cc(F)cc(F)c2)CC1. The van der Waals surface area contributed by atoms with E-state index in [1.165, 1.54) is 37.8 Å². The lowest BCUT2D eigenvalue weighted by Gasteiger charge is -2.32. The van der Waals surface area contributed by atoms with E-state index in [2.05, 4.69) is 6.92 Å². The first kappa shape index (κ1) is 14.4. The molecule has 0 saturated heterocycles. The van der Waals surface area contributed by atoms with Gasteiger partial charge in [0, 0.05) is 12.1 Å². The van der Waals surface area contributed by atoms with Crippen molar-refractivity contribution in [2.75, 3.05) is 0 Å². The van der Waals surface area contributed by atoms with Crippen molar-refractivity contribution in [2.45, 2.75) is 51.5 Å². The molecule has 1 nitrogen and oxygen atoms in total. The minimum atomic E-state index is -0.537. The van der Waals surface area contributed by atoms with Crippen LogP contribution in [0.25, 0.3) is 0 Å². The Kier molecular flexibility index (Phi) is 4.92. The van der Waals surface area contributed by atoms with Gasteiger partial charge in [-0.3, -0.25) is 0 Å². The number of nitrogens with two attached hydrogens (primary N) is 1. The Morgan fingerprint density at radius 3 is 2.21 bits per heavy atom. The van der Waals surface area contributed by atoms with Gasteiger partial charge < -0.3 is 5.73 Å². The van der Waals surface area contributed by atoms with E-state index in [0.29, 0.717) is 11.5 Å². The van der Waals surface area contributed by atoms with Crippen LogP contribution in [-0.2, 0) is 0 Å². The summed E-state index contributed by atoms with van der Waals surface area (Å²) in [6.45, 7) is 2.22. The summed E-state index contributed by atoms with van der Waals surface area (Å²) in [6.07, 6.45) is 7.06. The van der Waals surface area contributed by atoms with Crippen LogP contribution >= 0.6 is 0 Å². The van der Waals surface area contributed by atoms with Gasteiger partial charge in [-0.05, 0) is 42.4 Å². The Balaban J connectivity index is 1.98. The lowest BCUT2D eigenvalue weighted by Crippen LogP contribution is -2.26. The predicted molar refractivity (Wildman–Crippen MR) is 73.6 cm³/mol. The highest BCUT2D eigenvalue weighted by atomic mass is 19.1. The number of benzene rings is 1. The Labute approximate surface area is 114 Å². The zero-order chi connectivity index (χ0) is 13.8. The van der Waals surface area contributed by atoms with Gasteiger partial charge in [-0.1, -0.05) is 32.6 Å². The summed E-state index contributed by atoms with van der Waals surface area (Å²) in [4.78, 5) is 0. The van der Waals surface area contributed by atoms with Crippen molar-refractivity contribution >= 4 is 0 Å². The molecule has 3 heteroatoms. The third-order valence-corrected chi connectivity index (χ3v) is 4.37. The second kappa shape index (κ2) is 6.47. The van der Waals surface area contributed by atoms with Crippen molar-refractivity contribution in [1.82, 2.24) is 0 Å². The molecule has 1 fully saturated rings. The Hall–Kier alpha value is -0.960. The highest BCUT2D eigenvalue weighted by Gasteiger charge is 2.26. The molecule has 1 aliphatic rings. The van der Waals surface area contributed by atoms with Crippen LogP contribution < -0.4 is 5.73 Å². The molecule has 0 bridgehead atoms. The molecule has 0 amide bonds. The summed E-state index contributed by atoms with van der Waals surface area (Å²) in [6, 6.07) is 3.39. The third kappa shape index (κ3) is 3.75. The normalized spacial score (nSPS) is 25.3. The molecule has 0 aliphatic heterocycles. The maximum Gasteiger partial charge on any atom is 0.126 e. The second-order valence-electron chi connectivity index (χ2n) is 5.80. The van der Waals surface area contributed by atoms with Crippen LogP contribution in [0, 0.1) is 23.5 Å². The number of halogens is 2. The molecule has 1 aliphatic carbocycles. The van der Waals surface area contributed by atoms with E-state index in [4.69, 9.17) is 5.73 Å². The van der Waals surface area contributed by atoms with E-state index >= 15 is 0 Å². The van der Waals surface area contributed by atoms with Crippen LogP contribution in [-0.4, -0.2) is 0 Å². The molecule has 1 atom stereocenters. The highest BCUT2D eigenvalue weighted by Crippen LogP contribution is 2.37. The van der Waals surface area contributed by atoms with Gasteiger partial charge in [0.25, 0.3) is 0 Å². The second-order valence-corrected chi connectivity index (χ2v) is 5.80. The van der Waals surface area contributed by atoms with Crippen LogP contribution in [0.3, 0.4) is 0 Å². The maximum atomic E-state index is 13.2. The standard InChI is InChI=1S/C16H23F2N/c1-2-3-11-4-6-12(7-5-11)16(19)13-8-14(17)10-15(18)9-13/h8-12,16H,2-7,19H2,1H3. The van der Waals surface area contributed by atoms with Crippen LogP contribution in [0.5, 0.6) is 0 Å². The van der Waals surface area contributed by atoms with E-state index in [1.807, 2.05) is 0 Å². The van der Waals surface area contributed by atoms with E-state index in [-0.39, 0.29) is 6.04 Å². The molecule has 2 rings (SSSR count). The Morgan fingerprint density at radius 1 is 1.11 bits per heavy atom. The van der Waals surface area contributed by atoms with Gasteiger partial charge in [0.1, 0.15) is 11.6 Å². The average Bonchev–Trinajstić information content (AvgIpc) is 2.38. The minimum Gasteiger partial charge on any atom is -0.324 e. The van der Waals surface area contributed by atoms with E-state index in [0.717, 1.165) is 24.8 Å². The summed E-state index contributed by atoms with van der Waals surface area (Å²) in [5.41, 5.74) is 6.79. The number of rotatable bonds is 4. The summed E-state index contributed by atoms with van der Waals surface area (Å²) in [7, 11) is 0. The van der Waals surface area contributed by atoms with Crippen molar-refractivity contribution in [3.05, 3.63) is 35.4 Å². The molecule has 0 aromatic heterocycles. The molecular weight excluding hydrogens is 244 g/mol. The minimum absolute atomic E-state index is 0.243. The van der Waals surface area contributed by atoms with Gasteiger partial charge in [0.2, 0.25) is 0 Å². The zero-order valence-corrected chi connectivity index (χ0v) is 11.5. The molecule has 2 N–H and O–H groups in total. The molecule has 1 unspecified atom stereocenters. The van der Waals surface area contributed by atoms with Crippen LogP contribution in [0.4, 0.5) is 8.78 Å². The maximum absolute atomic E-state index is 13.2. The zero-order valence-electron chi connectivity index (χ0n) is 11.5. The topological polar surface area (TPSA) is 26.0 Å². The van der Waals surface area contributed by atoms with Crippen LogP contribution in [0.15, 0.2) is 18.2 Å². The summed E-state index contributed by atoms with van der Waals surface area (Å²) >= 11 is 0. The molecule has 1 saturated carbocycles. The fraction of sp³-hybridized carbons (Fsp3) is 0.625. The summed E-state index contributed by atoms with van der Waals surface area (Å²) in [5, 5.41) is 0. The lowest BCUT2D eigenvalue weighted by molar-refractivity contribution is 0.234. The molecular formula is C16H23F2N. The van der Waals surface area contributed by atoms with Crippen molar-refractivity contribution in [2.24, 2.45) is 17.6 Å². The first-order valence-electron chi connectivity index (χ1n) is 7.31. The smallest absolute Gasteiger partial charge is 0.126 e. The first-order chi connectivity index (χ1) is 9.10. The predicted octanol–water partition coefficient (Wildman–Crippen LogP) is 4.57.